The summed E-state index contributed by atoms with van der Waals surface area (Å²) in [5.74, 6) is -0.358. The molecule has 152 valence electrons. The second-order valence-electron chi connectivity index (χ2n) is 8.60. The first-order chi connectivity index (χ1) is 13.2. The van der Waals surface area contributed by atoms with Crippen LogP contribution in [0, 0.1) is 5.92 Å². The molecule has 2 fully saturated rings. The Morgan fingerprint density at radius 3 is 2.64 bits per heavy atom. The van der Waals surface area contributed by atoms with Crippen LogP contribution in [0.1, 0.15) is 52.0 Å². The van der Waals surface area contributed by atoms with Gasteiger partial charge in [-0.25, -0.2) is 9.59 Å². The summed E-state index contributed by atoms with van der Waals surface area (Å²) in [6.07, 6.45) is 2.68. The van der Waals surface area contributed by atoms with Crippen molar-refractivity contribution in [1.82, 2.24) is 15.5 Å². The Morgan fingerprint density at radius 1 is 1.25 bits per heavy atom. The first kappa shape index (κ1) is 20.2. The van der Waals surface area contributed by atoms with Crippen LogP contribution in [-0.2, 0) is 16.1 Å². The van der Waals surface area contributed by atoms with Gasteiger partial charge >= 0.3 is 12.1 Å². The molecule has 3 rings (SSSR count). The molecule has 1 saturated heterocycles. The lowest BCUT2D eigenvalue weighted by Gasteiger charge is -2.39. The fourth-order valence-electron chi connectivity index (χ4n) is 4.04. The van der Waals surface area contributed by atoms with Crippen molar-refractivity contribution in [2.24, 2.45) is 5.92 Å². The van der Waals surface area contributed by atoms with Crippen LogP contribution < -0.4 is 10.6 Å². The van der Waals surface area contributed by atoms with Crippen LogP contribution in [0.2, 0.25) is 0 Å². The predicted octanol–water partition coefficient (Wildman–Crippen LogP) is 3.19. The van der Waals surface area contributed by atoms with Crippen molar-refractivity contribution in [3.8, 4) is 0 Å². The monoisotopic (exact) mass is 387 g/mol. The summed E-state index contributed by atoms with van der Waals surface area (Å²) in [5.41, 5.74) is -0.626. The van der Waals surface area contributed by atoms with Gasteiger partial charge in [0.15, 0.2) is 0 Å². The molecule has 28 heavy (non-hydrogen) atoms. The van der Waals surface area contributed by atoms with Crippen LogP contribution in [-0.4, -0.2) is 40.6 Å². The minimum absolute atomic E-state index is 0.161. The zero-order valence-corrected chi connectivity index (χ0v) is 16.8. The highest BCUT2D eigenvalue weighted by Crippen LogP contribution is 2.38. The van der Waals surface area contributed by atoms with Gasteiger partial charge in [-0.1, -0.05) is 43.2 Å². The molecule has 1 aromatic rings. The number of rotatable bonds is 4. The van der Waals surface area contributed by atoms with Gasteiger partial charge in [-0.15, -0.1) is 0 Å². The van der Waals surface area contributed by atoms with Gasteiger partial charge in [0.1, 0.15) is 11.1 Å². The number of imide groups is 1. The SMILES string of the molecule is CC(C)(C)OC(=O)NC[C@H]1CCCC[C@]12NC(=O)N(Cc1ccccc1)C2=O. The van der Waals surface area contributed by atoms with Gasteiger partial charge in [-0.2, -0.15) is 0 Å². The Balaban J connectivity index is 1.71. The molecule has 4 amide bonds. The maximum atomic E-state index is 13.3. The van der Waals surface area contributed by atoms with Crippen molar-refractivity contribution in [3.63, 3.8) is 0 Å². The van der Waals surface area contributed by atoms with Gasteiger partial charge in [0.25, 0.3) is 5.91 Å². The Kier molecular flexibility index (Phi) is 5.63. The first-order valence-corrected chi connectivity index (χ1v) is 9.86. The van der Waals surface area contributed by atoms with Crippen molar-refractivity contribution in [3.05, 3.63) is 35.9 Å². The minimum Gasteiger partial charge on any atom is -0.444 e. The summed E-state index contributed by atoms with van der Waals surface area (Å²) in [5, 5.41) is 5.73. The summed E-state index contributed by atoms with van der Waals surface area (Å²) in [4.78, 5) is 39.2. The van der Waals surface area contributed by atoms with E-state index in [9.17, 15) is 14.4 Å². The summed E-state index contributed by atoms with van der Waals surface area (Å²) >= 11 is 0. The Morgan fingerprint density at radius 2 is 1.96 bits per heavy atom. The average Bonchev–Trinajstić information content (AvgIpc) is 2.85. The number of nitrogens with zero attached hydrogens (tertiary/aromatic N) is 1. The highest BCUT2D eigenvalue weighted by atomic mass is 16.6. The molecule has 1 aliphatic carbocycles. The fraction of sp³-hybridized carbons (Fsp3) is 0.571. The molecule has 2 aliphatic rings. The van der Waals surface area contributed by atoms with Crippen LogP contribution in [0.5, 0.6) is 0 Å². The predicted molar refractivity (Wildman–Crippen MR) is 104 cm³/mol. The number of carbonyl (C=O) groups is 3. The lowest BCUT2D eigenvalue weighted by molar-refractivity contribution is -0.134. The molecule has 7 heteroatoms. The number of nitrogens with one attached hydrogen (secondary N) is 2. The number of benzene rings is 1. The molecule has 1 saturated carbocycles. The van der Waals surface area contributed by atoms with E-state index in [0.29, 0.717) is 13.0 Å². The van der Waals surface area contributed by atoms with E-state index in [2.05, 4.69) is 10.6 Å². The van der Waals surface area contributed by atoms with Gasteiger partial charge in [-0.3, -0.25) is 9.69 Å². The highest BCUT2D eigenvalue weighted by Gasteiger charge is 2.56. The maximum absolute atomic E-state index is 13.3. The zero-order chi connectivity index (χ0) is 20.4. The Hall–Kier alpha value is -2.57. The van der Waals surface area contributed by atoms with E-state index >= 15 is 0 Å². The number of carbonyl (C=O) groups excluding carboxylic acids is 3. The molecule has 0 radical (unpaired) electrons. The number of urea groups is 1. The van der Waals surface area contributed by atoms with Gasteiger partial charge in [0, 0.05) is 12.5 Å². The van der Waals surface area contributed by atoms with Crippen LogP contribution in [0.25, 0.3) is 0 Å². The molecule has 2 atom stereocenters. The highest BCUT2D eigenvalue weighted by molar-refractivity contribution is 6.07. The van der Waals surface area contributed by atoms with E-state index in [1.165, 1.54) is 4.90 Å². The minimum atomic E-state index is -0.945. The van der Waals surface area contributed by atoms with Gasteiger partial charge < -0.3 is 15.4 Å². The third-order valence-electron chi connectivity index (χ3n) is 5.35. The summed E-state index contributed by atoms with van der Waals surface area (Å²) < 4.78 is 5.30. The van der Waals surface area contributed by atoms with Crippen molar-refractivity contribution < 1.29 is 19.1 Å². The first-order valence-electron chi connectivity index (χ1n) is 9.86. The molecule has 1 aliphatic heterocycles. The molecule has 0 aromatic heterocycles. The average molecular weight is 387 g/mol. The van der Waals surface area contributed by atoms with E-state index < -0.39 is 17.2 Å². The molecule has 0 unspecified atom stereocenters. The summed E-state index contributed by atoms with van der Waals surface area (Å²) in [7, 11) is 0. The van der Waals surface area contributed by atoms with E-state index in [-0.39, 0.29) is 24.4 Å². The zero-order valence-electron chi connectivity index (χ0n) is 16.8. The molecule has 1 aromatic carbocycles. The van der Waals surface area contributed by atoms with Gasteiger partial charge in [0.05, 0.1) is 6.54 Å². The second kappa shape index (κ2) is 7.81. The Labute approximate surface area is 165 Å². The summed E-state index contributed by atoms with van der Waals surface area (Å²) in [6.45, 7) is 5.95. The maximum Gasteiger partial charge on any atom is 0.407 e. The smallest absolute Gasteiger partial charge is 0.407 e. The van der Waals surface area contributed by atoms with Crippen LogP contribution >= 0.6 is 0 Å². The number of amides is 4. The van der Waals surface area contributed by atoms with Crippen LogP contribution in [0.4, 0.5) is 9.59 Å². The van der Waals surface area contributed by atoms with Crippen molar-refractivity contribution in [2.75, 3.05) is 6.54 Å². The number of hydrogen-bond donors (Lipinski definition) is 2. The lowest BCUT2D eigenvalue weighted by Crippen LogP contribution is -2.57. The molecule has 0 bridgehead atoms. The lowest BCUT2D eigenvalue weighted by atomic mass is 9.72. The third-order valence-corrected chi connectivity index (χ3v) is 5.35. The van der Waals surface area contributed by atoms with E-state index in [0.717, 1.165) is 24.8 Å². The normalized spacial score (nSPS) is 25.0. The molecule has 1 spiro atoms. The molecular weight excluding hydrogens is 358 g/mol. The van der Waals surface area contributed by atoms with Crippen molar-refractivity contribution in [2.45, 2.75) is 64.1 Å². The topological polar surface area (TPSA) is 87.7 Å². The fourth-order valence-corrected chi connectivity index (χ4v) is 4.04. The van der Waals surface area contributed by atoms with Crippen molar-refractivity contribution >= 4 is 18.0 Å². The number of hydrogen-bond acceptors (Lipinski definition) is 4. The van der Waals surface area contributed by atoms with Gasteiger partial charge in [0.2, 0.25) is 0 Å². The van der Waals surface area contributed by atoms with E-state index in [4.69, 9.17) is 4.74 Å². The second-order valence-corrected chi connectivity index (χ2v) is 8.60. The molecular formula is C21H29N3O4. The van der Waals surface area contributed by atoms with Gasteiger partial charge in [-0.05, 0) is 39.2 Å². The molecule has 2 N–H and O–H groups in total. The largest absolute Gasteiger partial charge is 0.444 e. The third kappa shape index (κ3) is 4.29. The quantitative estimate of drug-likeness (QED) is 0.777. The van der Waals surface area contributed by atoms with E-state index in [1.807, 2.05) is 30.3 Å². The summed E-state index contributed by atoms with van der Waals surface area (Å²) in [6, 6.07) is 9.10. The van der Waals surface area contributed by atoms with E-state index in [1.54, 1.807) is 20.8 Å². The standard InChI is InChI=1S/C21H29N3O4/c1-20(2,3)28-19(27)22-13-16-11-7-8-12-21(16)17(25)24(18(26)23-21)14-15-9-5-4-6-10-15/h4-6,9-10,16H,7-8,11-14H2,1-3H3,(H,22,27)(H,23,26)/t16-,21+/m1/s1. The Bertz CT molecular complexity index is 744. The molecule has 1 heterocycles. The number of ether oxygens (including phenoxy) is 1. The van der Waals surface area contributed by atoms with Crippen LogP contribution in [0.3, 0.4) is 0 Å². The number of alkyl carbamates (subject to hydrolysis) is 1. The molecule has 7 nitrogen and oxygen atoms in total. The van der Waals surface area contributed by atoms with Crippen LogP contribution in [0.15, 0.2) is 30.3 Å². The van der Waals surface area contributed by atoms with Crippen molar-refractivity contribution in [1.29, 1.82) is 0 Å².